The molecule has 14 heavy (non-hydrogen) atoms. The Hall–Kier alpha value is -1.40. The Morgan fingerprint density at radius 1 is 1.57 bits per heavy atom. The van der Waals surface area contributed by atoms with Crippen LogP contribution in [-0.4, -0.2) is 12.9 Å². The molecule has 0 aliphatic rings. The molecule has 0 spiro atoms. The van der Waals surface area contributed by atoms with Gasteiger partial charge in [-0.25, -0.2) is 0 Å². The molecule has 72 valence electrons. The molecule has 1 aromatic rings. The lowest BCUT2D eigenvalue weighted by Gasteiger charge is -2.04. The van der Waals surface area contributed by atoms with Crippen LogP contribution in [0.4, 0.5) is 0 Å². The number of rotatable bonds is 3. The molecule has 0 saturated heterocycles. The smallest absolute Gasteiger partial charge is 0.126 e. The van der Waals surface area contributed by atoms with E-state index in [-0.39, 0.29) is 0 Å². The largest absolute Gasteiger partial charge is 0.496 e. The molecule has 0 aliphatic carbocycles. The van der Waals surface area contributed by atoms with Crippen molar-refractivity contribution < 1.29 is 4.74 Å². The summed E-state index contributed by atoms with van der Waals surface area (Å²) in [7, 11) is 1.61. The summed E-state index contributed by atoms with van der Waals surface area (Å²) in [4.78, 5) is 0. The average Bonchev–Trinajstić information content (AvgIpc) is 2.25. The third-order valence-corrected chi connectivity index (χ3v) is 1.97. The normalized spacial score (nSPS) is 10.1. The lowest BCUT2D eigenvalue weighted by molar-refractivity contribution is 0.414. The number of ether oxygens (including phenoxy) is 1. The van der Waals surface area contributed by atoms with E-state index in [1.807, 2.05) is 12.2 Å². The highest BCUT2D eigenvalue weighted by molar-refractivity contribution is 7.80. The quantitative estimate of drug-likeness (QED) is 0.769. The first-order valence-corrected chi connectivity index (χ1v) is 4.80. The first kappa shape index (κ1) is 10.7. The highest BCUT2D eigenvalue weighted by Gasteiger charge is 2.00. The van der Waals surface area contributed by atoms with Crippen molar-refractivity contribution >= 4 is 18.7 Å². The van der Waals surface area contributed by atoms with Crippen LogP contribution in [0, 0.1) is 11.3 Å². The van der Waals surface area contributed by atoms with Crippen LogP contribution < -0.4 is 4.74 Å². The van der Waals surface area contributed by atoms with E-state index < -0.39 is 0 Å². The Kier molecular flexibility index (Phi) is 4.09. The molecule has 2 nitrogen and oxygen atoms in total. The molecule has 0 atom stereocenters. The predicted molar refractivity (Wildman–Crippen MR) is 60.6 cm³/mol. The van der Waals surface area contributed by atoms with Gasteiger partial charge in [-0.1, -0.05) is 12.2 Å². The fraction of sp³-hybridized carbons (Fsp3) is 0.182. The van der Waals surface area contributed by atoms with E-state index in [0.717, 1.165) is 11.3 Å². The van der Waals surface area contributed by atoms with Gasteiger partial charge in [-0.05, 0) is 18.2 Å². The summed E-state index contributed by atoms with van der Waals surface area (Å²) in [5.41, 5.74) is 1.53. The van der Waals surface area contributed by atoms with E-state index in [4.69, 9.17) is 10.00 Å². The number of nitrogens with zero attached hydrogens (tertiary/aromatic N) is 1. The maximum Gasteiger partial charge on any atom is 0.126 e. The lowest BCUT2D eigenvalue weighted by atomic mass is 10.1. The summed E-state index contributed by atoms with van der Waals surface area (Å²) >= 11 is 4.07. The molecule has 0 saturated carbocycles. The Morgan fingerprint density at radius 2 is 2.36 bits per heavy atom. The minimum Gasteiger partial charge on any atom is -0.496 e. The van der Waals surface area contributed by atoms with E-state index in [2.05, 4.69) is 18.7 Å². The van der Waals surface area contributed by atoms with Crippen LogP contribution in [0.3, 0.4) is 0 Å². The zero-order valence-corrected chi connectivity index (χ0v) is 8.79. The standard InChI is InChI=1S/C11H11NOS/c1-13-11-5-4-9(8-12)7-10(11)3-2-6-14/h2-5,7,14H,6H2,1H3. The summed E-state index contributed by atoms with van der Waals surface area (Å²) in [6.45, 7) is 0. The highest BCUT2D eigenvalue weighted by Crippen LogP contribution is 2.20. The van der Waals surface area contributed by atoms with Crippen molar-refractivity contribution in [2.75, 3.05) is 12.9 Å². The zero-order valence-electron chi connectivity index (χ0n) is 7.90. The molecular weight excluding hydrogens is 194 g/mol. The molecule has 0 radical (unpaired) electrons. The maximum absolute atomic E-state index is 8.72. The van der Waals surface area contributed by atoms with Crippen molar-refractivity contribution in [2.24, 2.45) is 0 Å². The molecule has 0 amide bonds. The molecule has 0 fully saturated rings. The summed E-state index contributed by atoms with van der Waals surface area (Å²) in [5, 5.41) is 8.72. The van der Waals surface area contributed by atoms with Gasteiger partial charge in [-0.15, -0.1) is 0 Å². The summed E-state index contributed by atoms with van der Waals surface area (Å²) in [6, 6.07) is 7.40. The average molecular weight is 205 g/mol. The van der Waals surface area contributed by atoms with Gasteiger partial charge in [0.05, 0.1) is 18.7 Å². The highest BCUT2D eigenvalue weighted by atomic mass is 32.1. The third-order valence-electron chi connectivity index (χ3n) is 1.76. The third kappa shape index (κ3) is 2.54. The monoisotopic (exact) mass is 205 g/mol. The van der Waals surface area contributed by atoms with Crippen molar-refractivity contribution in [3.05, 3.63) is 35.4 Å². The first-order valence-electron chi connectivity index (χ1n) is 4.17. The van der Waals surface area contributed by atoms with E-state index in [0.29, 0.717) is 11.3 Å². The number of hydrogen-bond donors (Lipinski definition) is 1. The summed E-state index contributed by atoms with van der Waals surface area (Å²) < 4.78 is 5.16. The Labute approximate surface area is 89.2 Å². The van der Waals surface area contributed by atoms with Gasteiger partial charge in [-0.2, -0.15) is 17.9 Å². The Bertz CT molecular complexity index is 379. The van der Waals surface area contributed by atoms with E-state index >= 15 is 0 Å². The van der Waals surface area contributed by atoms with Crippen molar-refractivity contribution in [3.63, 3.8) is 0 Å². The fourth-order valence-corrected chi connectivity index (χ4v) is 1.22. The molecule has 1 aromatic carbocycles. The second-order valence-corrected chi connectivity index (χ2v) is 3.02. The summed E-state index contributed by atoms with van der Waals surface area (Å²) in [5.74, 6) is 1.43. The van der Waals surface area contributed by atoms with Gasteiger partial charge in [0.15, 0.2) is 0 Å². The second-order valence-electron chi connectivity index (χ2n) is 2.65. The SMILES string of the molecule is COc1ccc(C#N)cc1C=CCS. The topological polar surface area (TPSA) is 33.0 Å². The molecule has 0 heterocycles. The molecular formula is C11H11NOS. The zero-order chi connectivity index (χ0) is 10.4. The number of methoxy groups -OCH3 is 1. The van der Waals surface area contributed by atoms with E-state index in [1.165, 1.54) is 0 Å². The number of benzene rings is 1. The Morgan fingerprint density at radius 3 is 2.93 bits per heavy atom. The molecule has 0 N–H and O–H groups in total. The van der Waals surface area contributed by atoms with Crippen LogP contribution in [0.2, 0.25) is 0 Å². The predicted octanol–water partition coefficient (Wildman–Crippen LogP) is 2.51. The Balaban J connectivity index is 3.10. The van der Waals surface area contributed by atoms with Gasteiger partial charge < -0.3 is 4.74 Å². The minimum absolute atomic E-state index is 0.629. The van der Waals surface area contributed by atoms with E-state index in [1.54, 1.807) is 25.3 Å². The molecule has 0 aromatic heterocycles. The van der Waals surface area contributed by atoms with Crippen LogP contribution in [0.15, 0.2) is 24.3 Å². The lowest BCUT2D eigenvalue weighted by Crippen LogP contribution is -1.87. The van der Waals surface area contributed by atoms with Gasteiger partial charge >= 0.3 is 0 Å². The van der Waals surface area contributed by atoms with Crippen molar-refractivity contribution in [2.45, 2.75) is 0 Å². The van der Waals surface area contributed by atoms with Gasteiger partial charge in [0.25, 0.3) is 0 Å². The van der Waals surface area contributed by atoms with Gasteiger partial charge in [-0.3, -0.25) is 0 Å². The molecule has 0 aliphatic heterocycles. The number of thiol groups is 1. The van der Waals surface area contributed by atoms with Crippen LogP contribution >= 0.6 is 12.6 Å². The second kappa shape index (κ2) is 5.36. The van der Waals surface area contributed by atoms with Crippen LogP contribution in [0.25, 0.3) is 6.08 Å². The molecule has 3 heteroatoms. The number of hydrogen-bond acceptors (Lipinski definition) is 3. The van der Waals surface area contributed by atoms with Gasteiger partial charge in [0.1, 0.15) is 5.75 Å². The maximum atomic E-state index is 8.72. The minimum atomic E-state index is 0.629. The van der Waals surface area contributed by atoms with Crippen molar-refractivity contribution in [3.8, 4) is 11.8 Å². The molecule has 0 bridgehead atoms. The molecule has 0 unspecified atom stereocenters. The number of nitriles is 1. The van der Waals surface area contributed by atoms with Gasteiger partial charge in [0.2, 0.25) is 0 Å². The van der Waals surface area contributed by atoms with Gasteiger partial charge in [0, 0.05) is 11.3 Å². The van der Waals surface area contributed by atoms with Crippen molar-refractivity contribution in [1.82, 2.24) is 0 Å². The molecule has 1 rings (SSSR count). The van der Waals surface area contributed by atoms with Crippen LogP contribution in [0.1, 0.15) is 11.1 Å². The van der Waals surface area contributed by atoms with Crippen LogP contribution in [-0.2, 0) is 0 Å². The first-order chi connectivity index (χ1) is 6.81. The van der Waals surface area contributed by atoms with Crippen molar-refractivity contribution in [1.29, 1.82) is 5.26 Å². The fourth-order valence-electron chi connectivity index (χ4n) is 1.11. The summed E-state index contributed by atoms with van der Waals surface area (Å²) in [6.07, 6.45) is 3.80. The van der Waals surface area contributed by atoms with E-state index in [9.17, 15) is 0 Å². The van der Waals surface area contributed by atoms with Crippen LogP contribution in [0.5, 0.6) is 5.75 Å².